The van der Waals surface area contributed by atoms with E-state index < -0.39 is 0 Å². The average molecular weight is 1360 g/mol. The smallest absolute Gasteiger partial charge is 0.235 e. The lowest BCUT2D eigenvalue weighted by atomic mass is 9.80. The molecule has 2 aliphatic rings. The van der Waals surface area contributed by atoms with Crippen LogP contribution in [0.3, 0.4) is 0 Å². The molecule has 22 rings (SSSR count). The molecule has 500 valence electrons. The van der Waals surface area contributed by atoms with Gasteiger partial charge in [0.15, 0.2) is 0 Å². The van der Waals surface area contributed by atoms with Gasteiger partial charge in [-0.05, 0) is 153 Å². The minimum atomic E-state index is -0.167. The first-order chi connectivity index (χ1) is 52.1. The average Bonchev–Trinajstić information content (AvgIpc) is 1.54. The fraction of sp³-hybridized carbons (Fsp3) is 0.0612. The van der Waals surface area contributed by atoms with Crippen LogP contribution in [0.4, 0.5) is 0 Å². The molecule has 0 amide bonds. The molecule has 0 bridgehead atoms. The molecule has 0 spiro atoms. The van der Waals surface area contributed by atoms with Crippen molar-refractivity contribution >= 4 is 87.2 Å². The van der Waals surface area contributed by atoms with Gasteiger partial charge in [-0.25, -0.2) is 19.9 Å². The van der Waals surface area contributed by atoms with Crippen LogP contribution in [0.5, 0.6) is 0 Å². The van der Waals surface area contributed by atoms with E-state index in [4.69, 9.17) is 19.9 Å². The molecule has 14 aromatic carbocycles. The minimum Gasteiger partial charge on any atom is -0.309 e. The summed E-state index contributed by atoms with van der Waals surface area (Å²) >= 11 is 0. The standard InChI is InChI=1S/2C49H34N4/c1-49(2)39-22-12-9-19-34(39)36-26-28-45-46(47(36)49)37-21-11-14-24-43(37)53(45)48-50-40(31-15-5-3-6-16-31)30-41(51-48)32-25-27-44-38(29-32)35-20-10-13-23-42(35)52(44)33-17-7-4-8-18-33;1-49(2)40-19-11-9-17-35(40)37-24-26-44-46(47(37)49)38-23-21-32(31-13-5-3-6-14-31)30-45(38)53(44)48-50-28-27-41(51-48)33-22-25-43-39(29-33)36-18-10-12-20-42(36)52(43)34-15-7-4-8-16-34/h2*3-30H,1-2H3. The SMILES string of the molecule is CC1(C)c2ccccc2-c2ccc3c(c21)c1ccc(-c2ccccc2)cc1n3-c1nccc(-c2ccc3c(c2)c2ccccc2n3-c2ccccc2)n1.CC1(C)c2ccccc2-c2ccc3c(c21)c1ccccc1n3-c1nc(-c2ccccc2)cc(-c2ccc3c(c2)c2ccccc2n3-c2ccccc2)n1. The van der Waals surface area contributed by atoms with Gasteiger partial charge in [0.1, 0.15) is 0 Å². The Labute approximate surface area is 612 Å². The molecule has 8 heteroatoms. The van der Waals surface area contributed by atoms with Crippen LogP contribution in [0, 0.1) is 0 Å². The summed E-state index contributed by atoms with van der Waals surface area (Å²) < 4.78 is 9.26. The van der Waals surface area contributed by atoms with Gasteiger partial charge in [0.25, 0.3) is 0 Å². The van der Waals surface area contributed by atoms with Gasteiger partial charge in [-0.2, -0.15) is 0 Å². The third-order valence-electron chi connectivity index (χ3n) is 22.7. The van der Waals surface area contributed by atoms with E-state index >= 15 is 0 Å². The first-order valence-electron chi connectivity index (χ1n) is 36.5. The summed E-state index contributed by atoms with van der Waals surface area (Å²) in [7, 11) is 0. The van der Waals surface area contributed by atoms with Gasteiger partial charge in [0, 0.05) is 88.2 Å². The first kappa shape index (κ1) is 61.1. The van der Waals surface area contributed by atoms with Gasteiger partial charge < -0.3 is 9.13 Å². The molecule has 6 heterocycles. The monoisotopic (exact) mass is 1360 g/mol. The van der Waals surface area contributed by atoms with Gasteiger partial charge >= 0.3 is 0 Å². The molecule has 106 heavy (non-hydrogen) atoms. The number of hydrogen-bond acceptors (Lipinski definition) is 4. The molecule has 20 aromatic rings. The van der Waals surface area contributed by atoms with E-state index in [9.17, 15) is 0 Å². The highest BCUT2D eigenvalue weighted by Crippen LogP contribution is 2.55. The zero-order valence-corrected chi connectivity index (χ0v) is 58.9. The fourth-order valence-corrected chi connectivity index (χ4v) is 18.0. The zero-order valence-electron chi connectivity index (χ0n) is 58.9. The van der Waals surface area contributed by atoms with Crippen molar-refractivity contribution in [1.82, 2.24) is 38.2 Å². The van der Waals surface area contributed by atoms with Crippen LogP contribution in [-0.4, -0.2) is 38.2 Å². The van der Waals surface area contributed by atoms with Crippen molar-refractivity contribution in [3.8, 4) is 90.4 Å². The molecule has 2 aliphatic carbocycles. The number of nitrogens with zero attached hydrogens (tertiary/aromatic N) is 8. The number of para-hydroxylation sites is 5. The molecule has 0 fully saturated rings. The lowest BCUT2D eigenvalue weighted by molar-refractivity contribution is 0.666. The number of aromatic nitrogens is 8. The Balaban J connectivity index is 0.000000136. The van der Waals surface area contributed by atoms with E-state index in [1.54, 1.807) is 0 Å². The van der Waals surface area contributed by atoms with Crippen LogP contribution in [-0.2, 0) is 10.8 Å². The maximum Gasteiger partial charge on any atom is 0.235 e. The first-order valence-corrected chi connectivity index (χ1v) is 36.5. The molecule has 0 N–H and O–H groups in total. The van der Waals surface area contributed by atoms with Gasteiger partial charge in [0.2, 0.25) is 11.9 Å². The third kappa shape index (κ3) is 9.20. The predicted octanol–water partition coefficient (Wildman–Crippen LogP) is 24.6. The van der Waals surface area contributed by atoms with Crippen molar-refractivity contribution < 1.29 is 0 Å². The van der Waals surface area contributed by atoms with Crippen molar-refractivity contribution in [2.24, 2.45) is 0 Å². The van der Waals surface area contributed by atoms with Crippen LogP contribution in [0.15, 0.2) is 340 Å². The highest BCUT2D eigenvalue weighted by molar-refractivity contribution is 6.17. The van der Waals surface area contributed by atoms with Crippen LogP contribution in [0.2, 0.25) is 0 Å². The second kappa shape index (κ2) is 23.5. The molecule has 0 radical (unpaired) electrons. The lowest BCUT2D eigenvalue weighted by Gasteiger charge is -2.22. The molecular formula is C98H68N8. The third-order valence-corrected chi connectivity index (χ3v) is 22.7. The van der Waals surface area contributed by atoms with E-state index in [-0.39, 0.29) is 10.8 Å². The van der Waals surface area contributed by atoms with Gasteiger partial charge in [0.05, 0.1) is 61.2 Å². The topological polar surface area (TPSA) is 71.3 Å². The van der Waals surface area contributed by atoms with Gasteiger partial charge in [-0.15, -0.1) is 0 Å². The van der Waals surface area contributed by atoms with E-state index in [2.05, 4.69) is 374 Å². The van der Waals surface area contributed by atoms with Crippen molar-refractivity contribution in [3.05, 3.63) is 362 Å². The zero-order chi connectivity index (χ0) is 70.5. The molecule has 8 nitrogen and oxygen atoms in total. The van der Waals surface area contributed by atoms with Crippen molar-refractivity contribution in [3.63, 3.8) is 0 Å². The maximum absolute atomic E-state index is 5.44. The fourth-order valence-electron chi connectivity index (χ4n) is 18.0. The highest BCUT2D eigenvalue weighted by atomic mass is 15.2. The largest absolute Gasteiger partial charge is 0.309 e. The Bertz CT molecular complexity index is 6990. The molecule has 0 aliphatic heterocycles. The molecule has 0 saturated carbocycles. The summed E-state index contributed by atoms with van der Waals surface area (Å²) in [5.74, 6) is 1.32. The molecule has 0 saturated heterocycles. The molecule has 6 aromatic heterocycles. The van der Waals surface area contributed by atoms with Crippen molar-refractivity contribution in [2.45, 2.75) is 38.5 Å². The van der Waals surface area contributed by atoms with E-state index in [0.717, 1.165) is 72.8 Å². The predicted molar refractivity (Wildman–Crippen MR) is 438 cm³/mol. The Hall–Kier alpha value is -13.6. The molecular weight excluding hydrogens is 1290 g/mol. The quantitative estimate of drug-likeness (QED) is 0.152. The number of rotatable bonds is 8. The molecule has 0 unspecified atom stereocenters. The lowest BCUT2D eigenvalue weighted by Crippen LogP contribution is -2.15. The number of benzene rings is 14. The van der Waals surface area contributed by atoms with Crippen LogP contribution in [0.1, 0.15) is 49.9 Å². The number of fused-ring (bicyclic) bond motifs is 20. The minimum absolute atomic E-state index is 0.160. The highest BCUT2D eigenvalue weighted by Gasteiger charge is 2.40. The van der Waals surface area contributed by atoms with Crippen LogP contribution < -0.4 is 0 Å². The summed E-state index contributed by atoms with van der Waals surface area (Å²) in [6, 6.07) is 120. The van der Waals surface area contributed by atoms with Crippen molar-refractivity contribution in [1.29, 1.82) is 0 Å². The van der Waals surface area contributed by atoms with Crippen LogP contribution in [0.25, 0.3) is 178 Å². The summed E-state index contributed by atoms with van der Waals surface area (Å²) in [5, 5.41) is 9.78. The van der Waals surface area contributed by atoms with Gasteiger partial charge in [-0.3, -0.25) is 9.13 Å². The Morgan fingerprint density at radius 2 is 0.632 bits per heavy atom. The van der Waals surface area contributed by atoms with E-state index in [1.165, 1.54) is 115 Å². The second-order valence-electron chi connectivity index (χ2n) is 29.3. The number of hydrogen-bond donors (Lipinski definition) is 0. The maximum atomic E-state index is 5.44. The summed E-state index contributed by atoms with van der Waals surface area (Å²) in [6.45, 7) is 9.44. The van der Waals surface area contributed by atoms with E-state index in [0.29, 0.717) is 11.9 Å². The Morgan fingerprint density at radius 3 is 1.18 bits per heavy atom. The molecule has 0 atom stereocenters. The van der Waals surface area contributed by atoms with Gasteiger partial charge in [-0.1, -0.05) is 264 Å². The van der Waals surface area contributed by atoms with Crippen molar-refractivity contribution in [2.75, 3.05) is 0 Å². The van der Waals surface area contributed by atoms with E-state index in [1.807, 2.05) is 12.3 Å². The summed E-state index contributed by atoms with van der Waals surface area (Å²) in [4.78, 5) is 21.1. The Kier molecular flexibility index (Phi) is 13.5. The van der Waals surface area contributed by atoms with Crippen LogP contribution >= 0.6 is 0 Å². The Morgan fingerprint density at radius 1 is 0.236 bits per heavy atom. The summed E-state index contributed by atoms with van der Waals surface area (Å²) in [6.07, 6.45) is 1.90. The second-order valence-corrected chi connectivity index (χ2v) is 29.3. The summed E-state index contributed by atoms with van der Waals surface area (Å²) in [5.41, 5.74) is 30.0. The normalized spacial score (nSPS) is 13.2.